The second kappa shape index (κ2) is 7.77. The number of alkyl halides is 1. The van der Waals surface area contributed by atoms with Crippen molar-refractivity contribution in [1.82, 2.24) is 9.97 Å². The summed E-state index contributed by atoms with van der Waals surface area (Å²) in [5.74, 6) is -0.358. The Morgan fingerprint density at radius 3 is 2.70 bits per heavy atom. The summed E-state index contributed by atoms with van der Waals surface area (Å²) in [4.78, 5) is 22.1. The highest BCUT2D eigenvalue weighted by molar-refractivity contribution is 7.99. The molecule has 0 spiro atoms. The van der Waals surface area contributed by atoms with Crippen molar-refractivity contribution >= 4 is 46.7 Å². The molecule has 1 fully saturated rings. The van der Waals surface area contributed by atoms with Gasteiger partial charge in [0.2, 0.25) is 0 Å². The van der Waals surface area contributed by atoms with Crippen LogP contribution in [0.25, 0.3) is 0 Å². The number of rotatable bonds is 5. The van der Waals surface area contributed by atoms with Crippen molar-refractivity contribution in [1.29, 1.82) is 0 Å². The number of aromatic nitrogens is 2. The third kappa shape index (κ3) is 4.54. The number of carbonyl (C=O) groups is 1. The number of carboxylic acids is 1. The summed E-state index contributed by atoms with van der Waals surface area (Å²) in [6.45, 7) is 0.705. The van der Waals surface area contributed by atoms with Gasteiger partial charge in [0.1, 0.15) is 16.5 Å². The van der Waals surface area contributed by atoms with Crippen LogP contribution in [0.1, 0.15) is 19.3 Å². The molecule has 10 heteroatoms. The summed E-state index contributed by atoms with van der Waals surface area (Å²) in [6.07, 6.45) is 1.33. The van der Waals surface area contributed by atoms with E-state index in [4.69, 9.17) is 28.2 Å². The van der Waals surface area contributed by atoms with Crippen LogP contribution in [-0.2, 0) is 4.79 Å². The van der Waals surface area contributed by atoms with E-state index in [-0.39, 0.29) is 18.7 Å². The highest BCUT2D eigenvalue weighted by Crippen LogP contribution is 2.38. The average Bonchev–Trinajstić information content (AvgIpc) is 2.60. The van der Waals surface area contributed by atoms with Crippen molar-refractivity contribution < 1.29 is 14.3 Å². The lowest BCUT2D eigenvalue weighted by Gasteiger charge is -2.36. The zero-order valence-corrected chi connectivity index (χ0v) is 15.9. The van der Waals surface area contributed by atoms with Crippen LogP contribution in [0.3, 0.4) is 0 Å². The molecule has 1 saturated heterocycles. The third-order valence-corrected chi connectivity index (χ3v) is 6.00. The van der Waals surface area contributed by atoms with Gasteiger partial charge < -0.3 is 21.5 Å². The number of anilines is 3. The Hall–Kier alpha value is -2.26. The minimum atomic E-state index is -1.68. The fraction of sp³-hybridized carbons (Fsp3) is 0.353. The van der Waals surface area contributed by atoms with Crippen LogP contribution in [0.4, 0.5) is 21.7 Å². The molecule has 27 heavy (non-hydrogen) atoms. The second-order valence-corrected chi connectivity index (χ2v) is 7.80. The Bertz CT molecular complexity index is 861. The molecule has 3 rings (SSSR count). The molecule has 1 aliphatic rings. The molecule has 0 unspecified atom stereocenters. The number of hydrogen-bond donors (Lipinski definition) is 3. The predicted molar refractivity (Wildman–Crippen MR) is 104 cm³/mol. The van der Waals surface area contributed by atoms with Crippen LogP contribution in [0.2, 0.25) is 5.02 Å². The number of nitrogens with two attached hydrogens (primary N) is 2. The van der Waals surface area contributed by atoms with Crippen LogP contribution in [0.5, 0.6) is 0 Å². The first kappa shape index (κ1) is 19.5. The lowest BCUT2D eigenvalue weighted by Crippen LogP contribution is -2.43. The van der Waals surface area contributed by atoms with Gasteiger partial charge in [-0.1, -0.05) is 29.4 Å². The molecule has 1 aromatic carbocycles. The van der Waals surface area contributed by atoms with Crippen molar-refractivity contribution in [3.63, 3.8) is 0 Å². The molecule has 2 heterocycles. The number of benzene rings is 1. The molecule has 0 saturated carbocycles. The van der Waals surface area contributed by atoms with Crippen molar-refractivity contribution in [3.05, 3.63) is 29.4 Å². The number of aliphatic carboxylic acids is 1. The second-order valence-electron chi connectivity index (χ2n) is 6.39. The molecule has 144 valence electrons. The fourth-order valence-electron chi connectivity index (χ4n) is 2.91. The van der Waals surface area contributed by atoms with E-state index in [1.54, 1.807) is 18.3 Å². The van der Waals surface area contributed by atoms with E-state index >= 15 is 0 Å². The maximum atomic E-state index is 14.5. The maximum absolute atomic E-state index is 14.5. The molecule has 0 aliphatic carbocycles. The topological polar surface area (TPSA) is 118 Å². The van der Waals surface area contributed by atoms with Crippen LogP contribution in [-0.4, -0.2) is 39.8 Å². The normalized spacial score (nSPS) is 16.3. The number of nitrogen functional groups attached to an aromatic ring is 2. The molecule has 7 nitrogen and oxygen atoms in total. The van der Waals surface area contributed by atoms with Gasteiger partial charge in [0.05, 0.1) is 23.3 Å². The van der Waals surface area contributed by atoms with E-state index in [1.165, 1.54) is 11.8 Å². The summed E-state index contributed by atoms with van der Waals surface area (Å²) < 4.78 is 14.5. The van der Waals surface area contributed by atoms with Crippen molar-refractivity contribution in [2.45, 2.75) is 34.9 Å². The number of piperidine rings is 1. The van der Waals surface area contributed by atoms with Gasteiger partial charge in [0, 0.05) is 18.0 Å². The smallest absolute Gasteiger partial charge is 0.306 e. The number of nitrogens with zero attached hydrogens (tertiary/aromatic N) is 3. The van der Waals surface area contributed by atoms with E-state index in [0.29, 0.717) is 34.6 Å². The first-order valence-electron chi connectivity index (χ1n) is 8.27. The van der Waals surface area contributed by atoms with Gasteiger partial charge in [-0.2, -0.15) is 0 Å². The van der Waals surface area contributed by atoms with Gasteiger partial charge in [-0.25, -0.2) is 14.4 Å². The zero-order chi connectivity index (χ0) is 19.6. The van der Waals surface area contributed by atoms with Crippen LogP contribution in [0, 0.1) is 0 Å². The largest absolute Gasteiger partial charge is 0.481 e. The molecule has 2 aromatic rings. The average molecular weight is 412 g/mol. The van der Waals surface area contributed by atoms with E-state index in [9.17, 15) is 9.18 Å². The van der Waals surface area contributed by atoms with Crippen LogP contribution >= 0.6 is 23.4 Å². The van der Waals surface area contributed by atoms with Gasteiger partial charge in [-0.3, -0.25) is 4.79 Å². The van der Waals surface area contributed by atoms with Gasteiger partial charge in [-0.05, 0) is 25.0 Å². The fourth-order valence-corrected chi connectivity index (χ4v) is 3.97. The molecular weight excluding hydrogens is 393 g/mol. The Balaban J connectivity index is 1.70. The quantitative estimate of drug-likeness (QED) is 0.641. The number of carboxylic acid groups (broad SMARTS) is 1. The minimum Gasteiger partial charge on any atom is -0.481 e. The lowest BCUT2D eigenvalue weighted by atomic mass is 9.90. The van der Waals surface area contributed by atoms with Crippen molar-refractivity contribution in [2.75, 3.05) is 29.5 Å². The Labute approximate surface area is 164 Å². The van der Waals surface area contributed by atoms with E-state index in [0.717, 1.165) is 4.90 Å². The SMILES string of the molecule is Nc1cccc(Sc2ncc(N3CCC(F)(CC(=O)O)CC3)nc2N)c1Cl. The first-order valence-corrected chi connectivity index (χ1v) is 9.47. The Morgan fingerprint density at radius 2 is 2.07 bits per heavy atom. The maximum Gasteiger partial charge on any atom is 0.306 e. The Kier molecular flexibility index (Phi) is 5.61. The number of hydrogen-bond acceptors (Lipinski definition) is 7. The summed E-state index contributed by atoms with van der Waals surface area (Å²) in [7, 11) is 0. The Morgan fingerprint density at radius 1 is 1.37 bits per heavy atom. The standard InChI is InChI=1S/C17H19ClFN5O2S/c18-14-10(20)2-1-3-11(14)27-16-15(21)23-12(9-22-16)24-6-4-17(19,5-7-24)8-13(25)26/h1-3,9H,4-8,20H2,(H2,21,23)(H,25,26). The molecule has 0 radical (unpaired) electrons. The molecule has 1 aromatic heterocycles. The minimum absolute atomic E-state index is 0.121. The highest BCUT2D eigenvalue weighted by atomic mass is 35.5. The third-order valence-electron chi connectivity index (χ3n) is 4.40. The number of halogens is 2. The summed E-state index contributed by atoms with van der Waals surface area (Å²) in [6, 6.07) is 5.30. The van der Waals surface area contributed by atoms with Gasteiger partial charge >= 0.3 is 5.97 Å². The van der Waals surface area contributed by atoms with Crippen LogP contribution in [0.15, 0.2) is 34.3 Å². The van der Waals surface area contributed by atoms with Crippen molar-refractivity contribution in [3.8, 4) is 0 Å². The molecule has 0 bridgehead atoms. The first-order chi connectivity index (χ1) is 12.8. The monoisotopic (exact) mass is 411 g/mol. The van der Waals surface area contributed by atoms with Crippen LogP contribution < -0.4 is 16.4 Å². The summed E-state index contributed by atoms with van der Waals surface area (Å²) >= 11 is 7.45. The zero-order valence-electron chi connectivity index (χ0n) is 14.4. The highest BCUT2D eigenvalue weighted by Gasteiger charge is 2.37. The molecule has 0 amide bonds. The van der Waals surface area contributed by atoms with Crippen molar-refractivity contribution in [2.24, 2.45) is 0 Å². The molecular formula is C17H19ClFN5O2S. The van der Waals surface area contributed by atoms with Gasteiger partial charge in [-0.15, -0.1) is 0 Å². The van der Waals surface area contributed by atoms with Gasteiger partial charge in [0.15, 0.2) is 5.82 Å². The molecule has 5 N–H and O–H groups in total. The summed E-state index contributed by atoms with van der Waals surface area (Å²) in [5, 5.41) is 9.75. The molecule has 0 atom stereocenters. The lowest BCUT2D eigenvalue weighted by molar-refractivity contribution is -0.140. The van der Waals surface area contributed by atoms with Gasteiger partial charge in [0.25, 0.3) is 0 Å². The van der Waals surface area contributed by atoms with E-state index in [2.05, 4.69) is 9.97 Å². The predicted octanol–water partition coefficient (Wildman–Crippen LogP) is 3.23. The molecule has 1 aliphatic heterocycles. The summed E-state index contributed by atoms with van der Waals surface area (Å²) in [5.41, 5.74) is 10.6. The van der Waals surface area contributed by atoms with E-state index in [1.807, 2.05) is 11.0 Å². The van der Waals surface area contributed by atoms with E-state index < -0.39 is 18.1 Å².